The molecule has 2 saturated carbocycles. The molecule has 0 aromatic carbocycles. The Labute approximate surface area is 133 Å². The minimum atomic E-state index is 0.0431. The lowest BCUT2D eigenvalue weighted by Gasteiger charge is -2.47. The molecule has 1 saturated heterocycles. The first-order valence-corrected chi connectivity index (χ1v) is 9.46. The predicted molar refractivity (Wildman–Crippen MR) is 85.0 cm³/mol. The molecule has 5 rings (SSSR count). The number of carbonyl (C=O) groups excluding carboxylic acids is 1. The lowest BCUT2D eigenvalue weighted by molar-refractivity contribution is -0.145. The molecule has 1 aliphatic heterocycles. The maximum atomic E-state index is 12.5. The minimum Gasteiger partial charge on any atom is -0.461 e. The second-order valence-corrected chi connectivity index (χ2v) is 9.12. The average Bonchev–Trinajstić information content (AvgIpc) is 2.84. The predicted octanol–water partition coefficient (Wildman–Crippen LogP) is 4.35. The fourth-order valence-electron chi connectivity index (χ4n) is 7.06. The molecule has 0 radical (unpaired) electrons. The van der Waals surface area contributed by atoms with E-state index in [1.54, 1.807) is 5.57 Å². The highest BCUT2D eigenvalue weighted by Crippen LogP contribution is 2.68. The zero-order valence-corrected chi connectivity index (χ0v) is 14.1. The Morgan fingerprint density at radius 1 is 1.00 bits per heavy atom. The molecule has 2 heteroatoms. The third-order valence-corrected chi connectivity index (χ3v) is 8.30. The Kier molecular flexibility index (Phi) is 2.59. The van der Waals surface area contributed by atoms with Gasteiger partial charge >= 0.3 is 5.97 Å². The van der Waals surface area contributed by atoms with Crippen molar-refractivity contribution in [2.45, 2.75) is 65.4 Å². The van der Waals surface area contributed by atoms with Crippen molar-refractivity contribution in [3.8, 4) is 0 Å². The molecule has 22 heavy (non-hydrogen) atoms. The summed E-state index contributed by atoms with van der Waals surface area (Å²) in [6.45, 7) is 7.29. The van der Waals surface area contributed by atoms with Gasteiger partial charge in [0.1, 0.15) is 6.10 Å². The fourth-order valence-corrected chi connectivity index (χ4v) is 7.06. The molecule has 1 heterocycles. The molecule has 3 fully saturated rings. The van der Waals surface area contributed by atoms with Crippen LogP contribution < -0.4 is 0 Å². The Morgan fingerprint density at radius 3 is 2.55 bits per heavy atom. The Hall–Kier alpha value is -0.790. The van der Waals surface area contributed by atoms with E-state index in [0.717, 1.165) is 30.6 Å². The van der Waals surface area contributed by atoms with Crippen molar-refractivity contribution in [3.05, 3.63) is 11.1 Å². The summed E-state index contributed by atoms with van der Waals surface area (Å²) in [4.78, 5) is 12.5. The highest BCUT2D eigenvalue weighted by atomic mass is 16.6. The molecule has 4 aliphatic carbocycles. The minimum absolute atomic E-state index is 0.0431. The summed E-state index contributed by atoms with van der Waals surface area (Å²) in [7, 11) is 0. The average molecular weight is 300 g/mol. The number of rotatable bonds is 0. The molecule has 2 nitrogen and oxygen atoms in total. The number of ether oxygens (including phenoxy) is 1. The summed E-state index contributed by atoms with van der Waals surface area (Å²) < 4.78 is 5.90. The quantitative estimate of drug-likeness (QED) is 0.491. The first-order valence-electron chi connectivity index (χ1n) is 9.46. The first-order chi connectivity index (χ1) is 10.5. The van der Waals surface area contributed by atoms with Gasteiger partial charge in [-0.1, -0.05) is 31.9 Å². The van der Waals surface area contributed by atoms with Gasteiger partial charge in [-0.3, -0.25) is 4.79 Å². The molecule has 0 bridgehead atoms. The lowest BCUT2D eigenvalue weighted by Crippen LogP contribution is -2.42. The van der Waals surface area contributed by atoms with E-state index in [1.165, 1.54) is 25.7 Å². The van der Waals surface area contributed by atoms with Crippen molar-refractivity contribution >= 4 is 5.97 Å². The number of allylic oxidation sites excluding steroid dienone is 1. The largest absolute Gasteiger partial charge is 0.461 e. The van der Waals surface area contributed by atoms with Gasteiger partial charge in [0.25, 0.3) is 0 Å². The second-order valence-electron chi connectivity index (χ2n) is 9.12. The van der Waals surface area contributed by atoms with Gasteiger partial charge in [0.15, 0.2) is 0 Å². The highest BCUT2D eigenvalue weighted by molar-refractivity contribution is 5.79. The Bertz CT molecular complexity index is 576. The van der Waals surface area contributed by atoms with Crippen LogP contribution in [0, 0.1) is 40.9 Å². The van der Waals surface area contributed by atoms with Gasteiger partial charge in [0.05, 0.1) is 5.92 Å². The summed E-state index contributed by atoms with van der Waals surface area (Å²) in [6, 6.07) is 0. The van der Waals surface area contributed by atoms with Crippen LogP contribution in [0.15, 0.2) is 11.1 Å². The molecule has 0 amide bonds. The topological polar surface area (TPSA) is 26.3 Å². The van der Waals surface area contributed by atoms with Gasteiger partial charge in [-0.05, 0) is 68.1 Å². The van der Waals surface area contributed by atoms with Crippen molar-refractivity contribution in [2.24, 2.45) is 40.9 Å². The van der Waals surface area contributed by atoms with Crippen LogP contribution in [-0.4, -0.2) is 12.1 Å². The van der Waals surface area contributed by atoms with Crippen LogP contribution in [0.5, 0.6) is 0 Å². The van der Waals surface area contributed by atoms with Crippen LogP contribution >= 0.6 is 0 Å². The molecule has 5 aliphatic rings. The number of esters is 1. The van der Waals surface area contributed by atoms with Crippen LogP contribution in [0.3, 0.4) is 0 Å². The Balaban J connectivity index is 1.75. The SMILES string of the molecule is C[C@@H]1CC[C@@H]2C3=C4[C@H]1C[C@@H]1OC(=O)[C@H](C[C@@H]3CC[C@@H]2C)[C@]41C. The van der Waals surface area contributed by atoms with Crippen molar-refractivity contribution in [3.63, 3.8) is 0 Å². The molecule has 0 spiro atoms. The normalized spacial score (nSPS) is 55.8. The number of hydrogen-bond acceptors (Lipinski definition) is 2. The number of carbonyl (C=O) groups is 1. The molecule has 0 aromatic rings. The van der Waals surface area contributed by atoms with Gasteiger partial charge in [0.2, 0.25) is 0 Å². The smallest absolute Gasteiger partial charge is 0.310 e. The monoisotopic (exact) mass is 300 g/mol. The molecular weight excluding hydrogens is 272 g/mol. The molecular formula is C20H28O2. The maximum absolute atomic E-state index is 12.5. The van der Waals surface area contributed by atoms with E-state index in [2.05, 4.69) is 20.8 Å². The summed E-state index contributed by atoms with van der Waals surface area (Å²) in [5.41, 5.74) is 3.60. The molecule has 120 valence electrons. The van der Waals surface area contributed by atoms with E-state index in [1.807, 2.05) is 5.57 Å². The third-order valence-electron chi connectivity index (χ3n) is 8.30. The van der Waals surface area contributed by atoms with E-state index >= 15 is 0 Å². The van der Waals surface area contributed by atoms with E-state index in [-0.39, 0.29) is 23.4 Å². The van der Waals surface area contributed by atoms with Crippen molar-refractivity contribution in [1.82, 2.24) is 0 Å². The summed E-state index contributed by atoms with van der Waals surface area (Å²) >= 11 is 0. The van der Waals surface area contributed by atoms with Gasteiger partial charge in [-0.25, -0.2) is 0 Å². The van der Waals surface area contributed by atoms with Crippen molar-refractivity contribution < 1.29 is 9.53 Å². The van der Waals surface area contributed by atoms with Gasteiger partial charge in [-0.15, -0.1) is 0 Å². The van der Waals surface area contributed by atoms with Crippen LogP contribution in [0.2, 0.25) is 0 Å². The number of hydrogen-bond donors (Lipinski definition) is 0. The zero-order chi connectivity index (χ0) is 15.2. The van der Waals surface area contributed by atoms with Crippen LogP contribution in [0.1, 0.15) is 59.3 Å². The molecule has 0 unspecified atom stereocenters. The fraction of sp³-hybridized carbons (Fsp3) is 0.850. The Morgan fingerprint density at radius 2 is 1.73 bits per heavy atom. The van der Waals surface area contributed by atoms with Crippen molar-refractivity contribution in [1.29, 1.82) is 0 Å². The molecule has 0 N–H and O–H groups in total. The lowest BCUT2D eigenvalue weighted by atomic mass is 9.56. The van der Waals surface area contributed by atoms with E-state index in [0.29, 0.717) is 11.8 Å². The van der Waals surface area contributed by atoms with Crippen LogP contribution in [0.25, 0.3) is 0 Å². The van der Waals surface area contributed by atoms with Crippen LogP contribution in [0.4, 0.5) is 0 Å². The maximum Gasteiger partial charge on any atom is 0.310 e. The molecule has 0 aromatic heterocycles. The summed E-state index contributed by atoms with van der Waals surface area (Å²) in [6.07, 6.45) is 7.77. The van der Waals surface area contributed by atoms with Gasteiger partial charge in [0, 0.05) is 5.41 Å². The van der Waals surface area contributed by atoms with Crippen LogP contribution in [-0.2, 0) is 9.53 Å². The standard InChI is InChI=1S/C20H28O2/c1-10-4-6-12-8-15-19(21)22-16-9-14-11(2)5-7-13(10)17(12)18(14)20(15,16)3/h10-16H,4-9H2,1-3H3/t10-,11+,12-,13-,14-,15-,16-,20-/m0/s1. The first kappa shape index (κ1) is 13.6. The van der Waals surface area contributed by atoms with Gasteiger partial charge in [-0.2, -0.15) is 0 Å². The third kappa shape index (κ3) is 1.41. The second kappa shape index (κ2) is 4.19. The molecule has 8 atom stereocenters. The zero-order valence-electron chi connectivity index (χ0n) is 14.1. The van der Waals surface area contributed by atoms with Gasteiger partial charge < -0.3 is 4.74 Å². The van der Waals surface area contributed by atoms with Crippen molar-refractivity contribution in [2.75, 3.05) is 0 Å². The van der Waals surface area contributed by atoms with E-state index in [9.17, 15) is 4.79 Å². The van der Waals surface area contributed by atoms with E-state index < -0.39 is 0 Å². The van der Waals surface area contributed by atoms with E-state index in [4.69, 9.17) is 4.74 Å². The highest BCUT2D eigenvalue weighted by Gasteiger charge is 2.66. The summed E-state index contributed by atoms with van der Waals surface area (Å²) in [5.74, 6) is 4.05. The summed E-state index contributed by atoms with van der Waals surface area (Å²) in [5, 5.41) is 0.